The second kappa shape index (κ2) is 10.5. The molecule has 0 fully saturated rings. The van der Waals surface area contributed by atoms with Gasteiger partial charge < -0.3 is 9.73 Å². The maximum absolute atomic E-state index is 14.6. The van der Waals surface area contributed by atoms with E-state index in [1.165, 1.54) is 68.2 Å². The van der Waals surface area contributed by atoms with E-state index in [0.29, 0.717) is 50.4 Å². The van der Waals surface area contributed by atoms with Crippen molar-refractivity contribution in [2.75, 3.05) is 24.7 Å². The molecule has 0 atom stereocenters. The number of alkyl halides is 2. The van der Waals surface area contributed by atoms with Gasteiger partial charge in [-0.15, -0.1) is 11.3 Å². The van der Waals surface area contributed by atoms with Gasteiger partial charge in [0.25, 0.3) is 11.8 Å². The highest BCUT2D eigenvalue weighted by Crippen LogP contribution is 2.45. The van der Waals surface area contributed by atoms with Crippen LogP contribution in [0.3, 0.4) is 0 Å². The van der Waals surface area contributed by atoms with E-state index in [9.17, 15) is 26.4 Å². The fourth-order valence-electron chi connectivity index (χ4n) is 5.18. The maximum Gasteiger partial charge on any atom is 0.290 e. The summed E-state index contributed by atoms with van der Waals surface area (Å²) >= 11 is 1.19. The number of carbonyl (C=O) groups is 1. The van der Waals surface area contributed by atoms with E-state index in [4.69, 9.17) is 4.42 Å². The van der Waals surface area contributed by atoms with E-state index in [2.05, 4.69) is 15.3 Å². The van der Waals surface area contributed by atoms with Crippen LogP contribution in [0.25, 0.3) is 44.0 Å². The van der Waals surface area contributed by atoms with Crippen molar-refractivity contribution in [2.45, 2.75) is 25.2 Å². The van der Waals surface area contributed by atoms with Crippen LogP contribution in [-0.4, -0.2) is 44.6 Å². The molecule has 0 radical (unpaired) electrons. The molecule has 1 aliphatic carbocycles. The number of hydrogen-bond acceptors (Lipinski definition) is 7. The monoisotopic (exact) mass is 626 g/mol. The van der Waals surface area contributed by atoms with Gasteiger partial charge in [0.1, 0.15) is 27.9 Å². The van der Waals surface area contributed by atoms with Crippen LogP contribution in [0, 0.1) is 5.82 Å². The average Bonchev–Trinajstić information content (AvgIpc) is 3.58. The van der Waals surface area contributed by atoms with Crippen LogP contribution in [0.4, 0.5) is 18.9 Å². The normalized spacial score (nSPS) is 14.5. The Morgan fingerprint density at radius 1 is 1.09 bits per heavy atom. The zero-order chi connectivity index (χ0) is 30.7. The zero-order valence-electron chi connectivity index (χ0n) is 23.2. The largest absolute Gasteiger partial charge is 0.455 e. The number of aryl methyl sites for hydroxylation is 1. The van der Waals surface area contributed by atoms with E-state index in [0.717, 1.165) is 10.6 Å². The van der Waals surface area contributed by atoms with Gasteiger partial charge in [-0.2, -0.15) is 8.78 Å². The Balaban J connectivity index is 1.58. The molecule has 0 unspecified atom stereocenters. The quantitative estimate of drug-likeness (QED) is 0.228. The lowest BCUT2D eigenvalue weighted by atomic mass is 9.98. The maximum atomic E-state index is 14.6. The summed E-state index contributed by atoms with van der Waals surface area (Å²) in [5.41, 5.74) is 2.25. The number of halogens is 3. The topological polar surface area (TPSA) is 105 Å². The Bertz CT molecular complexity index is 2000. The second-order valence-electron chi connectivity index (χ2n) is 10.3. The second-order valence-corrected chi connectivity index (χ2v) is 13.4. The number of thiazole rings is 1. The minimum atomic E-state index is -3.76. The van der Waals surface area contributed by atoms with Crippen molar-refractivity contribution in [2.24, 2.45) is 0 Å². The first-order valence-corrected chi connectivity index (χ1v) is 15.9. The third kappa shape index (κ3) is 5.16. The van der Waals surface area contributed by atoms with Gasteiger partial charge in [0.05, 0.1) is 17.5 Å². The number of aromatic nitrogens is 2. The van der Waals surface area contributed by atoms with Crippen molar-refractivity contribution in [3.8, 4) is 33.0 Å². The lowest BCUT2D eigenvalue weighted by Gasteiger charge is -2.20. The Labute approximate surface area is 249 Å². The molecular formula is C30H25F3N4O4S2. The molecule has 1 N–H and O–H groups in total. The molecule has 222 valence electrons. The third-order valence-corrected chi connectivity index (χ3v) is 9.79. The van der Waals surface area contributed by atoms with Gasteiger partial charge in [0.2, 0.25) is 10.0 Å². The van der Waals surface area contributed by atoms with Crippen LogP contribution in [-0.2, 0) is 22.4 Å². The number of amides is 1. The van der Waals surface area contributed by atoms with Crippen LogP contribution < -0.4 is 9.62 Å². The molecule has 0 aliphatic heterocycles. The van der Waals surface area contributed by atoms with E-state index in [1.54, 1.807) is 12.1 Å². The number of nitrogens with zero attached hydrogens (tertiary/aromatic N) is 3. The summed E-state index contributed by atoms with van der Waals surface area (Å²) in [6.07, 6.45) is 4.74. The van der Waals surface area contributed by atoms with Gasteiger partial charge >= 0.3 is 0 Å². The molecule has 0 spiro atoms. The molecule has 13 heteroatoms. The number of rotatable bonds is 6. The van der Waals surface area contributed by atoms with E-state index >= 15 is 0 Å². The predicted molar refractivity (Wildman–Crippen MR) is 159 cm³/mol. The van der Waals surface area contributed by atoms with Gasteiger partial charge in [-0.05, 0) is 49.2 Å². The summed E-state index contributed by atoms with van der Waals surface area (Å²) in [6.45, 7) is 0. The summed E-state index contributed by atoms with van der Waals surface area (Å²) in [5.74, 6) is -3.74. The molecule has 1 amide bonds. The number of furan rings is 1. The summed E-state index contributed by atoms with van der Waals surface area (Å²) < 4.78 is 75.3. The van der Waals surface area contributed by atoms with Gasteiger partial charge in [0, 0.05) is 71.5 Å². The minimum absolute atomic E-state index is 0.179. The van der Waals surface area contributed by atoms with E-state index in [-0.39, 0.29) is 34.7 Å². The Hall–Kier alpha value is -4.23. The first kappa shape index (κ1) is 28.9. The first-order valence-electron chi connectivity index (χ1n) is 13.2. The molecule has 5 aromatic rings. The fraction of sp³-hybridized carbons (Fsp3) is 0.233. The number of pyridine rings is 1. The van der Waals surface area contributed by atoms with Crippen molar-refractivity contribution >= 4 is 43.9 Å². The van der Waals surface area contributed by atoms with Crippen molar-refractivity contribution < 1.29 is 30.8 Å². The predicted octanol–water partition coefficient (Wildman–Crippen LogP) is 6.61. The molecule has 0 saturated heterocycles. The molecule has 2 aromatic carbocycles. The number of carbonyl (C=O) groups excluding carboxylic acids is 1. The lowest BCUT2D eigenvalue weighted by Crippen LogP contribution is -2.25. The van der Waals surface area contributed by atoms with E-state index < -0.39 is 27.7 Å². The average molecular weight is 627 g/mol. The van der Waals surface area contributed by atoms with Crippen molar-refractivity contribution in [1.29, 1.82) is 0 Å². The molecule has 3 aromatic heterocycles. The summed E-state index contributed by atoms with van der Waals surface area (Å²) in [5, 5.41) is 3.37. The fourth-order valence-corrected chi connectivity index (χ4v) is 6.83. The minimum Gasteiger partial charge on any atom is -0.455 e. The molecule has 6 rings (SSSR count). The van der Waals surface area contributed by atoms with Crippen LogP contribution in [0.2, 0.25) is 0 Å². The van der Waals surface area contributed by atoms with Gasteiger partial charge in [-0.1, -0.05) is 0 Å². The highest BCUT2D eigenvalue weighted by molar-refractivity contribution is 7.92. The molecule has 3 heterocycles. The van der Waals surface area contributed by atoms with Crippen LogP contribution in [0.5, 0.6) is 0 Å². The molecule has 43 heavy (non-hydrogen) atoms. The molecule has 0 saturated carbocycles. The Kier molecular flexibility index (Phi) is 7.04. The van der Waals surface area contributed by atoms with Gasteiger partial charge in [0.15, 0.2) is 0 Å². The first-order chi connectivity index (χ1) is 20.4. The molecule has 1 aliphatic rings. The van der Waals surface area contributed by atoms with Crippen molar-refractivity contribution in [3.63, 3.8) is 0 Å². The van der Waals surface area contributed by atoms with Crippen LogP contribution in [0.1, 0.15) is 33.8 Å². The lowest BCUT2D eigenvalue weighted by molar-refractivity contribution is -0.0251. The van der Waals surface area contributed by atoms with Gasteiger partial charge in [-0.3, -0.25) is 14.1 Å². The summed E-state index contributed by atoms with van der Waals surface area (Å²) in [4.78, 5) is 22.3. The number of fused-ring (bicyclic) bond motifs is 2. The Morgan fingerprint density at radius 2 is 1.81 bits per heavy atom. The number of sulfonamides is 1. The molecule has 0 bridgehead atoms. The number of anilines is 1. The standard InChI is InChI=1S/C30H25F3N4O4S2/c1-34-28(38)25-21-12-20(17-11-18(15-35-14-17)29-36-27-24(42-29)5-4-10-30(27,32)33)22(37(2)43(3,39)40)13-23(21)41-26(25)16-6-8-19(31)9-7-16/h6-9,11-15H,4-5,10H2,1-3H3,(H,34,38). The van der Waals surface area contributed by atoms with Crippen molar-refractivity contribution in [1.82, 2.24) is 15.3 Å². The van der Waals surface area contributed by atoms with Crippen LogP contribution in [0.15, 0.2) is 59.3 Å². The summed E-state index contributed by atoms with van der Waals surface area (Å²) in [7, 11) is -0.905. The van der Waals surface area contributed by atoms with Crippen molar-refractivity contribution in [3.05, 3.63) is 76.8 Å². The summed E-state index contributed by atoms with van der Waals surface area (Å²) in [6, 6.07) is 10.3. The third-order valence-electron chi connectivity index (χ3n) is 7.44. The highest BCUT2D eigenvalue weighted by Gasteiger charge is 2.40. The smallest absolute Gasteiger partial charge is 0.290 e. The van der Waals surface area contributed by atoms with Gasteiger partial charge in [-0.25, -0.2) is 17.8 Å². The zero-order valence-corrected chi connectivity index (χ0v) is 24.9. The molecular weight excluding hydrogens is 601 g/mol. The SMILES string of the molecule is CNC(=O)c1c(-c2ccc(F)cc2)oc2cc(N(C)S(C)(=O)=O)c(-c3cncc(-c4nc5c(s4)CCCC5(F)F)c3)cc12. The number of benzene rings is 2. The van der Waals surface area contributed by atoms with E-state index in [1.807, 2.05) is 0 Å². The number of nitrogens with one attached hydrogen (secondary N) is 1. The highest BCUT2D eigenvalue weighted by atomic mass is 32.2. The Morgan fingerprint density at radius 3 is 2.49 bits per heavy atom. The van der Waals surface area contributed by atoms with Crippen LogP contribution >= 0.6 is 11.3 Å². The number of hydrogen-bond donors (Lipinski definition) is 1. The molecule has 8 nitrogen and oxygen atoms in total.